The molecule has 15 heteroatoms. The molecule has 5 aromatic heterocycles. The number of benzene rings is 5. The summed E-state index contributed by atoms with van der Waals surface area (Å²) in [5, 5.41) is 7.61. The van der Waals surface area contributed by atoms with Crippen molar-refractivity contribution in [2.75, 3.05) is 0 Å². The molecule has 0 unspecified atom stereocenters. The second-order valence-corrected chi connectivity index (χ2v) is 61.8. The van der Waals surface area contributed by atoms with Crippen molar-refractivity contribution in [3.05, 3.63) is 241 Å². The van der Waals surface area contributed by atoms with Crippen LogP contribution in [-0.4, -0.2) is 65.3 Å². The van der Waals surface area contributed by atoms with E-state index in [0.29, 0.717) is 17.8 Å². The van der Waals surface area contributed by atoms with Crippen LogP contribution in [0.4, 0.5) is 0 Å². The Labute approximate surface area is 750 Å². The van der Waals surface area contributed by atoms with Crippen LogP contribution in [0.2, 0.25) is 98.2 Å². The average Bonchev–Trinajstić information content (AvgIpc) is 1.33. The van der Waals surface area contributed by atoms with Crippen LogP contribution in [0.15, 0.2) is 183 Å². The van der Waals surface area contributed by atoms with E-state index in [2.05, 4.69) is 250 Å². The summed E-state index contributed by atoms with van der Waals surface area (Å²) in [6.07, 6.45) is 38.3. The first-order valence-corrected chi connectivity index (χ1v) is 58.7. The van der Waals surface area contributed by atoms with Gasteiger partial charge in [-0.15, -0.1) is 179 Å². The molecule has 0 amide bonds. The molecule has 0 N–H and O–H groups in total. The molecule has 0 saturated heterocycles. The predicted molar refractivity (Wildman–Crippen MR) is 473 cm³/mol. The zero-order chi connectivity index (χ0) is 75.8. The van der Waals surface area contributed by atoms with Crippen molar-refractivity contribution in [3.8, 4) is 56.3 Å². The summed E-state index contributed by atoms with van der Waals surface area (Å²) in [6, 6.07) is 71.8. The SMILES string of the molecule is C[Si](C)(C)c1ccc(-c2[c-]cccc2)nc1C1CCCC1.C[Si](C)(C)c1cnc(-c2[c-]cccc2)c(C2CCCC2)c1.C[Si](C)(C)c1cnc(-c2[c-]cccc2)c(C2CCCCC2)c1.C[Si](C)(C)c1cnc(-c2[c-]cccc2)cc1C1CCCC1.C[Si](C)(C)c1cnc(-c2[c-]cccc2)cc1C1CCCCC1.[Ir].[Ir].[Ir].[Ir].[Ir]. The second kappa shape index (κ2) is 45.4. The maximum absolute atomic E-state index is 5.09. The topological polar surface area (TPSA) is 64.5 Å². The first kappa shape index (κ1) is 97.0. The third-order valence-electron chi connectivity index (χ3n) is 23.1. The third-order valence-corrected chi connectivity index (χ3v) is 33.2. The van der Waals surface area contributed by atoms with E-state index in [9.17, 15) is 0 Å². The smallest absolute Gasteiger partial charge is 0.0799 e. The number of nitrogens with zero attached hydrogens (tertiary/aromatic N) is 5. The molecule has 0 bridgehead atoms. The van der Waals surface area contributed by atoms with Crippen molar-refractivity contribution in [1.29, 1.82) is 0 Å². The van der Waals surface area contributed by atoms with Gasteiger partial charge >= 0.3 is 0 Å². The predicted octanol–water partition coefficient (Wildman–Crippen LogP) is 24.5. The molecule has 5 radical (unpaired) electrons. The molecule has 5 aliphatic rings. The molecular formula is C97H124Ir5N5Si5-5. The third kappa shape index (κ3) is 27.1. The summed E-state index contributed by atoms with van der Waals surface area (Å²) in [4.78, 5) is 24.4. The molecule has 112 heavy (non-hydrogen) atoms. The summed E-state index contributed by atoms with van der Waals surface area (Å²) < 4.78 is 0. The molecule has 10 aromatic rings. The van der Waals surface area contributed by atoms with Crippen molar-refractivity contribution in [3.63, 3.8) is 0 Å². The van der Waals surface area contributed by atoms with Gasteiger partial charge < -0.3 is 24.9 Å². The summed E-state index contributed by atoms with van der Waals surface area (Å²) in [7, 11) is -6.68. The fraction of sp³-hybridized carbons (Fsp3) is 0.433. The molecule has 5 saturated carbocycles. The molecule has 5 fully saturated rings. The van der Waals surface area contributed by atoms with Crippen LogP contribution in [0.25, 0.3) is 56.3 Å². The van der Waals surface area contributed by atoms with Crippen LogP contribution >= 0.6 is 0 Å². The minimum atomic E-state index is -1.36. The van der Waals surface area contributed by atoms with Crippen LogP contribution in [0.5, 0.6) is 0 Å². The normalized spacial score (nSPS) is 15.7. The van der Waals surface area contributed by atoms with Crippen LogP contribution in [0.3, 0.4) is 0 Å². The molecular weight excluding hydrogens is 2340 g/mol. The Morgan fingerprint density at radius 1 is 0.259 bits per heavy atom. The Bertz CT molecular complexity index is 4300. The number of hydrogen-bond acceptors (Lipinski definition) is 5. The van der Waals surface area contributed by atoms with Crippen LogP contribution < -0.4 is 25.9 Å². The fourth-order valence-corrected chi connectivity index (χ4v) is 23.7. The molecule has 15 rings (SSSR count). The molecule has 607 valence electrons. The zero-order valence-electron chi connectivity index (χ0n) is 69.7. The molecule has 0 atom stereocenters. The molecule has 0 aliphatic heterocycles. The number of aromatic nitrogens is 5. The molecule has 5 aliphatic carbocycles. The first-order valence-electron chi connectivity index (χ1n) is 41.2. The van der Waals surface area contributed by atoms with Gasteiger partial charge in [0.1, 0.15) is 0 Å². The van der Waals surface area contributed by atoms with Gasteiger partial charge in [-0.3, -0.25) is 0 Å². The monoisotopic (exact) mass is 2460 g/mol. The minimum absolute atomic E-state index is 0. The Hall–Kier alpha value is -3.82. The number of rotatable bonds is 15. The largest absolute Gasteiger partial charge is 0.305 e. The molecule has 5 aromatic carbocycles. The van der Waals surface area contributed by atoms with Gasteiger partial charge in [-0.25, -0.2) is 0 Å². The van der Waals surface area contributed by atoms with E-state index in [4.69, 9.17) is 24.9 Å². The van der Waals surface area contributed by atoms with Crippen molar-refractivity contribution in [1.82, 2.24) is 24.9 Å². The van der Waals surface area contributed by atoms with Gasteiger partial charge in [0.25, 0.3) is 0 Å². The van der Waals surface area contributed by atoms with E-state index >= 15 is 0 Å². The van der Waals surface area contributed by atoms with E-state index in [1.165, 1.54) is 168 Å². The summed E-state index contributed by atoms with van der Waals surface area (Å²) in [5.74, 6) is 3.53. The Morgan fingerprint density at radius 3 is 0.839 bits per heavy atom. The van der Waals surface area contributed by atoms with Crippen LogP contribution in [-0.2, 0) is 101 Å². The average molecular weight is 2460 g/mol. The standard InChI is InChI=1S/2C20H26NSi.3C19H24NSi.5Ir/c1-22(2,3)20-15-21-19(17-12-8-5-9-13-17)14-18(20)16-10-6-4-7-11-16;1-22(2,3)18-14-19(16-10-6-4-7-11-16)20(21-15-18)17-12-8-5-9-13-17;1-21(2,3)19-14-20-18(16-11-5-4-6-12-16)13-17(19)15-9-7-8-10-15;1-21(2,3)17-13-18(15-9-7-8-10-15)19(20-14-17)16-11-5-4-6-12-16;1-21(2,3)18-14-13-17(15-9-5-4-6-10-15)20-19(18)16-11-7-8-12-16;;;;;/h2*5,8-9,12,14-16H,4,6-7,10-11H2,1-3H3;2*4-6,11,13-15H,7-10H2,1-3H3;4-6,9,13-14,16H,7-8,11-12H2,1-3H3;;;;;/q5*-1;;;;;. The maximum Gasteiger partial charge on any atom is 0.0799 e. The van der Waals surface area contributed by atoms with Gasteiger partial charge in [-0.05, 0) is 142 Å². The van der Waals surface area contributed by atoms with Crippen LogP contribution in [0.1, 0.15) is 199 Å². The Kier molecular flexibility index (Phi) is 39.3. The minimum Gasteiger partial charge on any atom is -0.305 e. The van der Waals surface area contributed by atoms with Gasteiger partial charge in [0, 0.05) is 137 Å². The van der Waals surface area contributed by atoms with Crippen molar-refractivity contribution in [2.24, 2.45) is 0 Å². The van der Waals surface area contributed by atoms with Crippen molar-refractivity contribution in [2.45, 2.75) is 269 Å². The van der Waals surface area contributed by atoms with E-state index in [1.807, 2.05) is 60.7 Å². The molecule has 5 heterocycles. The van der Waals surface area contributed by atoms with Crippen molar-refractivity contribution >= 4 is 66.3 Å². The van der Waals surface area contributed by atoms with E-state index in [-0.39, 0.29) is 101 Å². The Morgan fingerprint density at radius 2 is 0.545 bits per heavy atom. The quantitative estimate of drug-likeness (QED) is 0.0756. The van der Waals surface area contributed by atoms with Gasteiger partial charge in [-0.1, -0.05) is 234 Å². The number of hydrogen-bond donors (Lipinski definition) is 0. The van der Waals surface area contributed by atoms with Gasteiger partial charge in [0.2, 0.25) is 0 Å². The molecule has 5 nitrogen and oxygen atoms in total. The van der Waals surface area contributed by atoms with Gasteiger partial charge in [0.05, 0.1) is 40.4 Å². The van der Waals surface area contributed by atoms with Gasteiger partial charge in [-0.2, -0.15) is 0 Å². The Balaban J connectivity index is 0.000000216. The van der Waals surface area contributed by atoms with E-state index in [0.717, 1.165) is 68.1 Å². The summed E-state index contributed by atoms with van der Waals surface area (Å²) in [5.41, 5.74) is 18.7. The summed E-state index contributed by atoms with van der Waals surface area (Å²) in [6.45, 7) is 36.3. The summed E-state index contributed by atoms with van der Waals surface area (Å²) >= 11 is 0. The van der Waals surface area contributed by atoms with Gasteiger partial charge in [0.15, 0.2) is 0 Å². The zero-order valence-corrected chi connectivity index (χ0v) is 86.6. The van der Waals surface area contributed by atoms with E-state index < -0.39 is 40.4 Å². The van der Waals surface area contributed by atoms with Crippen molar-refractivity contribution < 1.29 is 101 Å². The van der Waals surface area contributed by atoms with Crippen LogP contribution in [0, 0.1) is 30.3 Å². The maximum atomic E-state index is 5.09. The molecule has 0 spiro atoms. The fourth-order valence-electron chi connectivity index (χ4n) is 16.8. The first-order chi connectivity index (χ1) is 51.3. The number of pyridine rings is 5. The van der Waals surface area contributed by atoms with E-state index in [1.54, 1.807) is 26.7 Å². The second-order valence-electron chi connectivity index (χ2n) is 36.5.